The Morgan fingerprint density at radius 2 is 0.933 bits per heavy atom. The lowest BCUT2D eigenvalue weighted by molar-refractivity contribution is -0.148. The molecule has 0 aliphatic carbocycles. The average molecular weight is 832 g/mol. The number of esters is 1. The normalized spacial score (nSPS) is 14.3. The Bertz CT molecular complexity index is 1250. The van der Waals surface area contributed by atoms with E-state index in [1.165, 1.54) is 51.4 Å². The van der Waals surface area contributed by atoms with E-state index in [1.54, 1.807) is 6.08 Å². The Morgan fingerprint density at radius 1 is 0.517 bits per heavy atom. The first kappa shape index (κ1) is 56.5. The lowest BCUT2D eigenvalue weighted by Crippen LogP contribution is -2.46. The molecule has 0 saturated heterocycles. The van der Waals surface area contributed by atoms with Crippen LogP contribution in [0.4, 0.5) is 0 Å². The molecule has 0 spiro atoms. The molecule has 0 fully saturated rings. The summed E-state index contributed by atoms with van der Waals surface area (Å²) in [7, 11) is 0. The quantitative estimate of drug-likeness (QED) is 0.0324. The Morgan fingerprint density at radius 3 is 1.40 bits per heavy atom. The Kier molecular flexibility index (Phi) is 43.9. The van der Waals surface area contributed by atoms with E-state index in [-0.39, 0.29) is 24.9 Å². The van der Waals surface area contributed by atoms with Gasteiger partial charge in [-0.2, -0.15) is 0 Å². The highest BCUT2D eigenvalue weighted by Gasteiger charge is 2.23. The van der Waals surface area contributed by atoms with Crippen LogP contribution in [0.5, 0.6) is 0 Å². The predicted molar refractivity (Wildman–Crippen MR) is 259 cm³/mol. The molecule has 6 nitrogen and oxygen atoms in total. The van der Waals surface area contributed by atoms with Crippen LogP contribution < -0.4 is 5.32 Å². The van der Waals surface area contributed by atoms with Crippen molar-refractivity contribution in [3.63, 3.8) is 0 Å². The standard InChI is InChI=1S/C54H89NO5/c1-4-7-10-13-16-19-22-24-26-27-29-32-35-38-41-44-47-54(59)60-50(45-42-39-36-33-31-28-25-23-20-17-14-11-8-5-2)48-53(58)55-51(49-56)52(57)46-43-40-37-34-30-21-18-15-12-9-6-3/h7-8,10-11,16-17,19-20,24-26,28-29,32-33,36,42,45,50-52,56-57H,4-6,9,12-15,18,21-23,27,30-31,34-35,37-41,43-44,46-49H2,1-3H3,(H,55,58)/b10-7+,11-8+,19-16+,20-17+,26-24+,28-25+,32-29+,36-33+,45-42+. The number of hydrogen-bond acceptors (Lipinski definition) is 5. The topological polar surface area (TPSA) is 95.9 Å². The van der Waals surface area contributed by atoms with Crippen LogP contribution >= 0.6 is 0 Å². The van der Waals surface area contributed by atoms with Gasteiger partial charge in [-0.15, -0.1) is 0 Å². The Balaban J connectivity index is 4.84. The zero-order valence-corrected chi connectivity index (χ0v) is 38.5. The molecule has 0 saturated carbocycles. The average Bonchev–Trinajstić information content (AvgIpc) is 3.24. The third-order valence-corrected chi connectivity index (χ3v) is 10.1. The fourth-order valence-corrected chi connectivity index (χ4v) is 6.50. The molecule has 3 unspecified atom stereocenters. The highest BCUT2D eigenvalue weighted by molar-refractivity contribution is 5.78. The number of aliphatic hydroxyl groups is 2. The van der Waals surface area contributed by atoms with Crippen LogP contribution in [-0.2, 0) is 14.3 Å². The highest BCUT2D eigenvalue weighted by Crippen LogP contribution is 2.15. The lowest BCUT2D eigenvalue weighted by Gasteiger charge is -2.23. The van der Waals surface area contributed by atoms with Crippen LogP contribution in [0.15, 0.2) is 109 Å². The number of amides is 1. The smallest absolute Gasteiger partial charge is 0.306 e. The van der Waals surface area contributed by atoms with Gasteiger partial charge in [-0.1, -0.05) is 201 Å². The third-order valence-electron chi connectivity index (χ3n) is 10.1. The summed E-state index contributed by atoms with van der Waals surface area (Å²) in [5.74, 6) is -0.677. The van der Waals surface area contributed by atoms with E-state index in [9.17, 15) is 19.8 Å². The van der Waals surface area contributed by atoms with Gasteiger partial charge in [0, 0.05) is 6.42 Å². The van der Waals surface area contributed by atoms with Crippen molar-refractivity contribution < 1.29 is 24.5 Å². The molecule has 0 aromatic rings. The molecule has 0 radical (unpaired) electrons. The first-order valence-electron chi connectivity index (χ1n) is 24.1. The molecule has 0 aliphatic rings. The summed E-state index contributed by atoms with van der Waals surface area (Å²) in [6.45, 7) is 6.18. The molecular formula is C54H89NO5. The van der Waals surface area contributed by atoms with Gasteiger partial charge in [0.05, 0.1) is 25.2 Å². The minimum Gasteiger partial charge on any atom is -0.458 e. The van der Waals surface area contributed by atoms with Gasteiger partial charge in [-0.3, -0.25) is 9.59 Å². The van der Waals surface area contributed by atoms with E-state index in [0.717, 1.165) is 96.3 Å². The number of aliphatic hydroxyl groups excluding tert-OH is 2. The third kappa shape index (κ3) is 41.3. The fourth-order valence-electron chi connectivity index (χ4n) is 6.50. The largest absolute Gasteiger partial charge is 0.458 e. The van der Waals surface area contributed by atoms with E-state index in [1.807, 2.05) is 6.08 Å². The van der Waals surface area contributed by atoms with E-state index in [0.29, 0.717) is 19.3 Å². The summed E-state index contributed by atoms with van der Waals surface area (Å²) < 4.78 is 5.79. The van der Waals surface area contributed by atoms with Crippen molar-refractivity contribution in [1.82, 2.24) is 5.32 Å². The lowest BCUT2D eigenvalue weighted by atomic mass is 10.0. The zero-order valence-electron chi connectivity index (χ0n) is 38.5. The van der Waals surface area contributed by atoms with Crippen molar-refractivity contribution in [3.8, 4) is 0 Å². The summed E-state index contributed by atoms with van der Waals surface area (Å²) in [6, 6.07) is -0.754. The molecule has 6 heteroatoms. The first-order valence-corrected chi connectivity index (χ1v) is 24.1. The number of unbranched alkanes of at least 4 members (excludes halogenated alkanes) is 13. The van der Waals surface area contributed by atoms with Crippen LogP contribution in [-0.4, -0.2) is 46.9 Å². The number of hydrogen-bond donors (Lipinski definition) is 3. The van der Waals surface area contributed by atoms with Gasteiger partial charge in [-0.05, 0) is 89.5 Å². The molecule has 0 heterocycles. The second-order valence-corrected chi connectivity index (χ2v) is 15.7. The molecule has 0 bridgehead atoms. The van der Waals surface area contributed by atoms with Gasteiger partial charge in [0.25, 0.3) is 0 Å². The predicted octanol–water partition coefficient (Wildman–Crippen LogP) is 14.3. The molecule has 1 amide bonds. The molecule has 340 valence electrons. The molecular weight excluding hydrogens is 743 g/mol. The van der Waals surface area contributed by atoms with Crippen molar-refractivity contribution in [2.24, 2.45) is 0 Å². The number of allylic oxidation sites excluding steroid dienone is 17. The second kappa shape index (κ2) is 46.6. The van der Waals surface area contributed by atoms with E-state index >= 15 is 0 Å². The summed E-state index contributed by atoms with van der Waals surface area (Å²) in [5.41, 5.74) is 0. The fraction of sp³-hybridized carbons (Fsp3) is 0.630. The monoisotopic (exact) mass is 832 g/mol. The van der Waals surface area contributed by atoms with Crippen molar-refractivity contribution in [2.45, 2.75) is 212 Å². The molecule has 0 aromatic carbocycles. The number of carbonyl (C=O) groups excluding carboxylic acids is 2. The van der Waals surface area contributed by atoms with Gasteiger partial charge < -0.3 is 20.3 Å². The van der Waals surface area contributed by atoms with Crippen molar-refractivity contribution in [1.29, 1.82) is 0 Å². The van der Waals surface area contributed by atoms with Gasteiger partial charge in [-0.25, -0.2) is 0 Å². The summed E-state index contributed by atoms with van der Waals surface area (Å²) in [5, 5.41) is 23.6. The first-order chi connectivity index (χ1) is 29.5. The number of nitrogens with one attached hydrogen (secondary N) is 1. The highest BCUT2D eigenvalue weighted by atomic mass is 16.5. The van der Waals surface area contributed by atoms with Gasteiger partial charge in [0.15, 0.2) is 0 Å². The summed E-state index contributed by atoms with van der Waals surface area (Å²) >= 11 is 0. The summed E-state index contributed by atoms with van der Waals surface area (Å²) in [6.07, 6.45) is 63.2. The molecule has 0 aliphatic heterocycles. The number of ether oxygens (including phenoxy) is 1. The Hall–Kier alpha value is -3.48. The maximum absolute atomic E-state index is 13.1. The SMILES string of the molecule is CC/C=C/C/C=C/C/C=C/C/C=C/C/C=C/C(CC(=O)NC(CO)C(O)CCCCCCCCCCCCC)OC(=O)CCCCC/C=C/C/C=C/C/C=C/C/C=C/CC. The van der Waals surface area contributed by atoms with Crippen LogP contribution in [0.1, 0.15) is 194 Å². The van der Waals surface area contributed by atoms with E-state index in [4.69, 9.17) is 4.74 Å². The van der Waals surface area contributed by atoms with Crippen LogP contribution in [0, 0.1) is 0 Å². The molecule has 0 aromatic heterocycles. The summed E-state index contributed by atoms with van der Waals surface area (Å²) in [4.78, 5) is 26.0. The van der Waals surface area contributed by atoms with Crippen molar-refractivity contribution >= 4 is 11.9 Å². The van der Waals surface area contributed by atoms with Gasteiger partial charge in [0.2, 0.25) is 5.91 Å². The van der Waals surface area contributed by atoms with Crippen LogP contribution in [0.2, 0.25) is 0 Å². The number of carbonyl (C=O) groups is 2. The maximum Gasteiger partial charge on any atom is 0.306 e. The van der Waals surface area contributed by atoms with Crippen LogP contribution in [0.3, 0.4) is 0 Å². The molecule has 60 heavy (non-hydrogen) atoms. The maximum atomic E-state index is 13.1. The van der Waals surface area contributed by atoms with Gasteiger partial charge >= 0.3 is 5.97 Å². The molecule has 0 rings (SSSR count). The second-order valence-electron chi connectivity index (χ2n) is 15.7. The molecule has 3 atom stereocenters. The van der Waals surface area contributed by atoms with Gasteiger partial charge in [0.1, 0.15) is 6.10 Å². The Labute approximate surface area is 368 Å². The molecule has 3 N–H and O–H groups in total. The minimum atomic E-state index is -0.830. The number of rotatable bonds is 41. The minimum absolute atomic E-state index is 0.0655. The zero-order chi connectivity index (χ0) is 43.8. The van der Waals surface area contributed by atoms with E-state index < -0.39 is 18.2 Å². The van der Waals surface area contributed by atoms with Crippen LogP contribution in [0.25, 0.3) is 0 Å². The van der Waals surface area contributed by atoms with Crippen molar-refractivity contribution in [2.75, 3.05) is 6.61 Å². The van der Waals surface area contributed by atoms with E-state index in [2.05, 4.69) is 123 Å². The van der Waals surface area contributed by atoms with Crippen molar-refractivity contribution in [3.05, 3.63) is 109 Å².